The number of anilines is 1. The van der Waals surface area contributed by atoms with E-state index in [-0.39, 0.29) is 35.6 Å². The van der Waals surface area contributed by atoms with Gasteiger partial charge in [0, 0.05) is 36.3 Å². The van der Waals surface area contributed by atoms with Crippen LogP contribution in [0.3, 0.4) is 0 Å². The zero-order valence-electron chi connectivity index (χ0n) is 21.1. The van der Waals surface area contributed by atoms with Crippen LogP contribution in [0.1, 0.15) is 35.4 Å². The molecule has 0 aliphatic carbocycles. The molecule has 0 radical (unpaired) electrons. The van der Waals surface area contributed by atoms with Crippen LogP contribution in [0.5, 0.6) is 0 Å². The summed E-state index contributed by atoms with van der Waals surface area (Å²) in [6, 6.07) is 16.9. The lowest BCUT2D eigenvalue weighted by atomic mass is 9.97. The van der Waals surface area contributed by atoms with Crippen molar-refractivity contribution < 1.29 is 22.3 Å². The van der Waals surface area contributed by atoms with Crippen LogP contribution in [0.15, 0.2) is 74.7 Å². The molecular weight excluding hydrogens is 504 g/mol. The largest absolute Gasteiger partial charge is 0.356 e. The van der Waals surface area contributed by atoms with Crippen LogP contribution < -0.4 is 5.32 Å². The Labute approximate surface area is 221 Å². The molecule has 0 atom stereocenters. The molecule has 5 rings (SSSR count). The second kappa shape index (κ2) is 10.8. The van der Waals surface area contributed by atoms with Gasteiger partial charge in [-0.3, -0.25) is 4.79 Å². The maximum atomic E-state index is 13.5. The van der Waals surface area contributed by atoms with Crippen LogP contribution in [0.4, 0.5) is 5.69 Å². The van der Waals surface area contributed by atoms with E-state index in [1.807, 2.05) is 49.4 Å². The predicted octanol–water partition coefficient (Wildman–Crippen LogP) is 5.16. The average Bonchev–Trinajstić information content (AvgIpc) is 3.59. The van der Waals surface area contributed by atoms with E-state index in [1.165, 1.54) is 4.31 Å². The van der Waals surface area contributed by atoms with E-state index in [2.05, 4.69) is 15.6 Å². The van der Waals surface area contributed by atoms with Gasteiger partial charge in [-0.1, -0.05) is 58.4 Å². The lowest BCUT2D eigenvalue weighted by Gasteiger charge is -2.30. The van der Waals surface area contributed by atoms with Crippen molar-refractivity contribution in [2.24, 2.45) is 5.92 Å². The van der Waals surface area contributed by atoms with Crippen LogP contribution in [-0.2, 0) is 14.8 Å². The minimum absolute atomic E-state index is 0.0630. The van der Waals surface area contributed by atoms with Crippen LogP contribution in [-0.4, -0.2) is 42.0 Å². The van der Waals surface area contributed by atoms with Crippen molar-refractivity contribution in [2.45, 2.75) is 31.6 Å². The lowest BCUT2D eigenvalue weighted by molar-refractivity contribution is -0.120. The molecule has 1 saturated heterocycles. The van der Waals surface area contributed by atoms with E-state index in [4.69, 9.17) is 9.05 Å². The van der Waals surface area contributed by atoms with Crippen molar-refractivity contribution in [2.75, 3.05) is 18.4 Å². The summed E-state index contributed by atoms with van der Waals surface area (Å²) in [7, 11) is -3.85. The molecule has 38 heavy (non-hydrogen) atoms. The van der Waals surface area contributed by atoms with E-state index in [1.54, 1.807) is 37.4 Å². The Bertz CT molecular complexity index is 1550. The monoisotopic (exact) mass is 532 g/mol. The third-order valence-corrected chi connectivity index (χ3v) is 8.67. The summed E-state index contributed by atoms with van der Waals surface area (Å²) < 4.78 is 39.0. The number of aromatic nitrogens is 2. The van der Waals surface area contributed by atoms with Crippen molar-refractivity contribution in [3.05, 3.63) is 83.4 Å². The van der Waals surface area contributed by atoms with Gasteiger partial charge in [0.25, 0.3) is 0 Å². The standard InChI is InChI=1S/C28H28N4O5S/c1-19-6-8-21(9-7-19)10-11-26-27(20(2)31-37-26)38(34,35)32-16-13-22(14-17-32)28(33)30-24-5-3-4-23(18-24)25-12-15-29-36-25/h3-12,15,18,22H,13-14,16-17H2,1-2H3,(H,30,33)/b11-10+. The number of nitrogens with zero attached hydrogens (tertiary/aromatic N) is 3. The first kappa shape index (κ1) is 25.6. The van der Waals surface area contributed by atoms with Gasteiger partial charge in [-0.25, -0.2) is 8.42 Å². The van der Waals surface area contributed by atoms with Crippen molar-refractivity contribution in [3.8, 4) is 11.3 Å². The van der Waals surface area contributed by atoms with E-state index in [0.29, 0.717) is 30.0 Å². The molecule has 10 heteroatoms. The molecule has 1 N–H and O–H groups in total. The second-order valence-electron chi connectivity index (χ2n) is 9.33. The third kappa shape index (κ3) is 5.46. The van der Waals surface area contributed by atoms with E-state index in [0.717, 1.165) is 16.7 Å². The molecule has 0 bridgehead atoms. The molecule has 1 fully saturated rings. The molecule has 1 amide bonds. The third-order valence-electron chi connectivity index (χ3n) is 6.61. The highest BCUT2D eigenvalue weighted by atomic mass is 32.2. The molecule has 2 aromatic heterocycles. The number of amides is 1. The molecule has 4 aromatic rings. The van der Waals surface area contributed by atoms with Gasteiger partial charge in [-0.15, -0.1) is 0 Å². The van der Waals surface area contributed by atoms with Gasteiger partial charge < -0.3 is 14.4 Å². The Kier molecular flexibility index (Phi) is 7.26. The molecule has 1 aliphatic rings. The summed E-state index contributed by atoms with van der Waals surface area (Å²) >= 11 is 0. The number of hydrogen-bond acceptors (Lipinski definition) is 7. The molecule has 0 saturated carbocycles. The first-order chi connectivity index (χ1) is 18.3. The predicted molar refractivity (Wildman–Crippen MR) is 143 cm³/mol. The number of benzene rings is 2. The van der Waals surface area contributed by atoms with Gasteiger partial charge in [-0.05, 0) is 50.5 Å². The van der Waals surface area contributed by atoms with Crippen molar-refractivity contribution in [1.82, 2.24) is 14.6 Å². The number of rotatable bonds is 7. The maximum Gasteiger partial charge on any atom is 0.248 e. The minimum Gasteiger partial charge on any atom is -0.356 e. The number of sulfonamides is 1. The number of hydrogen-bond donors (Lipinski definition) is 1. The Morgan fingerprint density at radius 2 is 1.79 bits per heavy atom. The second-order valence-corrected chi connectivity index (χ2v) is 11.2. The van der Waals surface area contributed by atoms with Gasteiger partial charge in [0.05, 0.1) is 6.20 Å². The highest BCUT2D eigenvalue weighted by Gasteiger charge is 2.36. The minimum atomic E-state index is -3.85. The average molecular weight is 533 g/mol. The van der Waals surface area contributed by atoms with Gasteiger partial charge in [0.15, 0.2) is 16.4 Å². The Morgan fingerprint density at radius 3 is 2.50 bits per heavy atom. The molecule has 0 unspecified atom stereocenters. The van der Waals surface area contributed by atoms with Crippen LogP contribution in [0.25, 0.3) is 23.5 Å². The zero-order valence-corrected chi connectivity index (χ0v) is 21.9. The van der Waals surface area contributed by atoms with E-state index >= 15 is 0 Å². The smallest absolute Gasteiger partial charge is 0.248 e. The summed E-state index contributed by atoms with van der Waals surface area (Å²) in [4.78, 5) is 13.0. The van der Waals surface area contributed by atoms with Crippen molar-refractivity contribution in [3.63, 3.8) is 0 Å². The number of nitrogens with one attached hydrogen (secondary N) is 1. The number of aryl methyl sites for hydroxylation is 2. The highest BCUT2D eigenvalue weighted by molar-refractivity contribution is 7.89. The maximum absolute atomic E-state index is 13.5. The SMILES string of the molecule is Cc1ccc(/C=C/c2onc(C)c2S(=O)(=O)N2CCC(C(=O)Nc3cccc(-c4ccno4)c3)CC2)cc1. The van der Waals surface area contributed by atoms with E-state index < -0.39 is 10.0 Å². The van der Waals surface area contributed by atoms with E-state index in [9.17, 15) is 13.2 Å². The highest BCUT2D eigenvalue weighted by Crippen LogP contribution is 2.30. The molecule has 1 aliphatic heterocycles. The lowest BCUT2D eigenvalue weighted by Crippen LogP contribution is -2.41. The van der Waals surface area contributed by atoms with Crippen molar-refractivity contribution in [1.29, 1.82) is 0 Å². The number of carbonyl (C=O) groups excluding carboxylic acids is 1. The first-order valence-electron chi connectivity index (χ1n) is 12.3. The molecule has 3 heterocycles. The molecule has 2 aromatic carbocycles. The number of piperidine rings is 1. The fraction of sp³-hybridized carbons (Fsp3) is 0.250. The Morgan fingerprint density at radius 1 is 1.03 bits per heavy atom. The Balaban J connectivity index is 1.24. The topological polar surface area (TPSA) is 119 Å². The van der Waals surface area contributed by atoms with Gasteiger partial charge in [0.2, 0.25) is 15.9 Å². The van der Waals surface area contributed by atoms with Crippen molar-refractivity contribution >= 4 is 33.8 Å². The zero-order chi connectivity index (χ0) is 26.7. The van der Waals surface area contributed by atoms with Crippen LogP contribution in [0, 0.1) is 19.8 Å². The molecular formula is C28H28N4O5S. The summed E-state index contributed by atoms with van der Waals surface area (Å²) in [5, 5.41) is 10.6. The normalized spacial score (nSPS) is 15.2. The fourth-order valence-corrected chi connectivity index (χ4v) is 6.21. The summed E-state index contributed by atoms with van der Waals surface area (Å²) in [5.41, 5.74) is 3.81. The van der Waals surface area contributed by atoms with Gasteiger partial charge in [0.1, 0.15) is 5.69 Å². The number of carbonyl (C=O) groups is 1. The summed E-state index contributed by atoms with van der Waals surface area (Å²) in [5.74, 6) is 0.353. The van der Waals surface area contributed by atoms with Crippen LogP contribution in [0.2, 0.25) is 0 Å². The summed E-state index contributed by atoms with van der Waals surface area (Å²) in [6.07, 6.45) is 5.81. The van der Waals surface area contributed by atoms with Gasteiger partial charge >= 0.3 is 0 Å². The Hall–Kier alpha value is -4.02. The summed E-state index contributed by atoms with van der Waals surface area (Å²) in [6.45, 7) is 4.07. The fourth-order valence-electron chi connectivity index (χ4n) is 4.49. The first-order valence-corrected chi connectivity index (χ1v) is 13.8. The molecule has 0 spiro atoms. The van der Waals surface area contributed by atoms with Gasteiger partial charge in [-0.2, -0.15) is 4.31 Å². The molecule has 9 nitrogen and oxygen atoms in total. The van der Waals surface area contributed by atoms with Crippen LogP contribution >= 0.6 is 0 Å². The molecule has 196 valence electrons. The quantitative estimate of drug-likeness (QED) is 0.349.